The Balaban J connectivity index is 1.63. The van der Waals surface area contributed by atoms with Crippen molar-refractivity contribution < 1.29 is 23.8 Å². The van der Waals surface area contributed by atoms with Gasteiger partial charge in [0, 0.05) is 6.42 Å². The van der Waals surface area contributed by atoms with Crippen molar-refractivity contribution in [2.75, 3.05) is 13.8 Å². The molecule has 0 spiro atoms. The van der Waals surface area contributed by atoms with Gasteiger partial charge in [-0.25, -0.2) is 9.59 Å². The summed E-state index contributed by atoms with van der Waals surface area (Å²) in [6, 6.07) is 16.0. The molecule has 0 radical (unpaired) electrons. The third-order valence-electron chi connectivity index (χ3n) is 4.02. The van der Waals surface area contributed by atoms with Gasteiger partial charge in [0.1, 0.15) is 18.4 Å². The number of amides is 1. The summed E-state index contributed by atoms with van der Waals surface area (Å²) in [4.78, 5) is 25.6. The minimum Gasteiger partial charge on any atom is -0.497 e. The molecule has 1 aliphatic heterocycles. The van der Waals surface area contributed by atoms with Gasteiger partial charge in [-0.3, -0.25) is 4.90 Å². The average Bonchev–Trinajstić information content (AvgIpc) is 3.02. The zero-order chi connectivity index (χ0) is 17.6. The summed E-state index contributed by atoms with van der Waals surface area (Å²) in [7, 11) is 1.59. The van der Waals surface area contributed by atoms with E-state index in [1.165, 1.54) is 4.90 Å². The summed E-state index contributed by atoms with van der Waals surface area (Å²) in [5, 5.41) is 0. The number of carbonyl (C=O) groups excluding carboxylic acids is 2. The molecule has 0 saturated carbocycles. The molecule has 130 valence electrons. The molecule has 2 aromatic carbocycles. The molecule has 3 rings (SSSR count). The lowest BCUT2D eigenvalue weighted by Gasteiger charge is -2.20. The summed E-state index contributed by atoms with van der Waals surface area (Å²) in [6.07, 6.45) is -0.197. The molecule has 25 heavy (non-hydrogen) atoms. The van der Waals surface area contributed by atoms with Crippen molar-refractivity contribution in [1.82, 2.24) is 4.90 Å². The maximum Gasteiger partial charge on any atom is 0.413 e. The van der Waals surface area contributed by atoms with Gasteiger partial charge in [0.05, 0.1) is 7.11 Å². The van der Waals surface area contributed by atoms with Gasteiger partial charge in [-0.1, -0.05) is 42.5 Å². The third kappa shape index (κ3) is 4.09. The van der Waals surface area contributed by atoms with Gasteiger partial charge in [-0.15, -0.1) is 0 Å². The van der Waals surface area contributed by atoms with E-state index in [4.69, 9.17) is 14.2 Å². The lowest BCUT2D eigenvalue weighted by Crippen LogP contribution is -2.39. The van der Waals surface area contributed by atoms with Crippen LogP contribution >= 0.6 is 0 Å². The second kappa shape index (κ2) is 7.70. The first-order valence-electron chi connectivity index (χ1n) is 7.94. The van der Waals surface area contributed by atoms with Crippen LogP contribution in [-0.2, 0) is 27.3 Å². The Labute approximate surface area is 145 Å². The summed E-state index contributed by atoms with van der Waals surface area (Å²) in [6.45, 7) is 0.0624. The molecule has 0 aromatic heterocycles. The number of ether oxygens (including phenoxy) is 3. The Bertz CT molecular complexity index is 729. The lowest BCUT2D eigenvalue weighted by molar-refractivity contribution is -0.139. The molecule has 1 heterocycles. The standard InChI is InChI=1S/C19H19NO5/c1-23-16-9-7-14(8-10-16)11-17-18(21)25-13-20(17)19(22)24-12-15-5-3-2-4-6-15/h2-10,17H,11-13H2,1H3/t17-/m0/s1. The number of hydrogen-bond donors (Lipinski definition) is 0. The van der Waals surface area contributed by atoms with Crippen LogP contribution in [0.4, 0.5) is 4.79 Å². The Morgan fingerprint density at radius 2 is 1.84 bits per heavy atom. The molecule has 6 nitrogen and oxygen atoms in total. The van der Waals surface area contributed by atoms with E-state index in [9.17, 15) is 9.59 Å². The highest BCUT2D eigenvalue weighted by molar-refractivity contribution is 5.84. The lowest BCUT2D eigenvalue weighted by atomic mass is 10.1. The molecule has 0 aliphatic carbocycles. The summed E-state index contributed by atoms with van der Waals surface area (Å²) in [5.74, 6) is 0.310. The van der Waals surface area contributed by atoms with Crippen LogP contribution in [0, 0.1) is 0 Å². The van der Waals surface area contributed by atoms with Gasteiger partial charge in [0.25, 0.3) is 0 Å². The first-order valence-corrected chi connectivity index (χ1v) is 7.94. The van der Waals surface area contributed by atoms with Crippen LogP contribution in [0.25, 0.3) is 0 Å². The van der Waals surface area contributed by atoms with Crippen LogP contribution in [0.3, 0.4) is 0 Å². The van der Waals surface area contributed by atoms with Crippen LogP contribution in [0.5, 0.6) is 5.75 Å². The van der Waals surface area contributed by atoms with Crippen molar-refractivity contribution in [3.8, 4) is 5.75 Å². The summed E-state index contributed by atoms with van der Waals surface area (Å²) >= 11 is 0. The summed E-state index contributed by atoms with van der Waals surface area (Å²) in [5.41, 5.74) is 1.79. The fourth-order valence-electron chi connectivity index (χ4n) is 2.61. The highest BCUT2D eigenvalue weighted by Gasteiger charge is 2.38. The van der Waals surface area contributed by atoms with E-state index in [1.54, 1.807) is 7.11 Å². The second-order valence-electron chi connectivity index (χ2n) is 5.67. The highest BCUT2D eigenvalue weighted by atomic mass is 16.6. The van der Waals surface area contributed by atoms with E-state index in [1.807, 2.05) is 54.6 Å². The van der Waals surface area contributed by atoms with E-state index >= 15 is 0 Å². The molecule has 1 saturated heterocycles. The van der Waals surface area contributed by atoms with Crippen LogP contribution in [0.1, 0.15) is 11.1 Å². The van der Waals surface area contributed by atoms with Crippen LogP contribution < -0.4 is 4.74 Å². The van der Waals surface area contributed by atoms with Gasteiger partial charge in [0.2, 0.25) is 0 Å². The van der Waals surface area contributed by atoms with E-state index in [2.05, 4.69) is 0 Å². The Morgan fingerprint density at radius 3 is 2.52 bits per heavy atom. The van der Waals surface area contributed by atoms with Gasteiger partial charge in [0.15, 0.2) is 6.73 Å². The van der Waals surface area contributed by atoms with Crippen LogP contribution in [0.15, 0.2) is 54.6 Å². The quantitative estimate of drug-likeness (QED) is 0.783. The zero-order valence-electron chi connectivity index (χ0n) is 13.9. The molecule has 1 aliphatic rings. The molecule has 0 N–H and O–H groups in total. The number of nitrogens with zero attached hydrogens (tertiary/aromatic N) is 1. The second-order valence-corrected chi connectivity index (χ2v) is 5.67. The van der Waals surface area contributed by atoms with Crippen molar-refractivity contribution >= 4 is 12.1 Å². The third-order valence-corrected chi connectivity index (χ3v) is 4.02. The number of rotatable bonds is 5. The molecule has 6 heteroatoms. The molecule has 1 fully saturated rings. The average molecular weight is 341 g/mol. The number of methoxy groups -OCH3 is 1. The van der Waals surface area contributed by atoms with E-state index in [0.29, 0.717) is 6.42 Å². The van der Waals surface area contributed by atoms with E-state index < -0.39 is 18.1 Å². The van der Waals surface area contributed by atoms with Gasteiger partial charge < -0.3 is 14.2 Å². The fourth-order valence-corrected chi connectivity index (χ4v) is 2.61. The Kier molecular flexibility index (Phi) is 5.18. The van der Waals surface area contributed by atoms with Crippen molar-refractivity contribution in [2.24, 2.45) is 0 Å². The minimum atomic E-state index is -0.684. The predicted octanol–water partition coefficient (Wildman–Crippen LogP) is 2.76. The monoisotopic (exact) mass is 341 g/mol. The van der Waals surface area contributed by atoms with Crippen molar-refractivity contribution in [1.29, 1.82) is 0 Å². The number of cyclic esters (lactones) is 1. The normalized spacial score (nSPS) is 16.4. The van der Waals surface area contributed by atoms with E-state index in [-0.39, 0.29) is 13.3 Å². The number of esters is 1. The Morgan fingerprint density at radius 1 is 1.12 bits per heavy atom. The number of benzene rings is 2. The highest BCUT2D eigenvalue weighted by Crippen LogP contribution is 2.20. The van der Waals surface area contributed by atoms with Gasteiger partial charge >= 0.3 is 12.1 Å². The first kappa shape index (κ1) is 16.8. The molecular formula is C19H19NO5. The Hall–Kier alpha value is -3.02. The number of carbonyl (C=O) groups is 2. The van der Waals surface area contributed by atoms with Gasteiger partial charge in [-0.05, 0) is 23.3 Å². The topological polar surface area (TPSA) is 65.1 Å². The predicted molar refractivity (Wildman–Crippen MR) is 89.9 cm³/mol. The molecule has 2 aromatic rings. The SMILES string of the molecule is COc1ccc(C[C@H]2C(=O)OCN2C(=O)OCc2ccccc2)cc1. The molecule has 1 amide bonds. The minimum absolute atomic E-state index is 0.0900. The first-order chi connectivity index (χ1) is 12.2. The smallest absolute Gasteiger partial charge is 0.413 e. The van der Waals surface area contributed by atoms with Crippen molar-refractivity contribution in [3.63, 3.8) is 0 Å². The molecule has 0 bridgehead atoms. The largest absolute Gasteiger partial charge is 0.497 e. The van der Waals surface area contributed by atoms with E-state index in [0.717, 1.165) is 16.9 Å². The molecule has 0 unspecified atom stereocenters. The van der Waals surface area contributed by atoms with Crippen molar-refractivity contribution in [2.45, 2.75) is 19.1 Å². The van der Waals surface area contributed by atoms with Crippen LogP contribution in [0.2, 0.25) is 0 Å². The zero-order valence-corrected chi connectivity index (χ0v) is 13.9. The molecule has 1 atom stereocenters. The number of hydrogen-bond acceptors (Lipinski definition) is 5. The van der Waals surface area contributed by atoms with Crippen molar-refractivity contribution in [3.05, 3.63) is 65.7 Å². The maximum atomic E-state index is 12.3. The summed E-state index contributed by atoms with van der Waals surface area (Å²) < 4.78 is 15.4. The fraction of sp³-hybridized carbons (Fsp3) is 0.263. The molecular weight excluding hydrogens is 322 g/mol. The van der Waals surface area contributed by atoms with Crippen LogP contribution in [-0.4, -0.2) is 36.8 Å². The van der Waals surface area contributed by atoms with Gasteiger partial charge in [-0.2, -0.15) is 0 Å². The maximum absolute atomic E-state index is 12.3.